The molecule has 0 aliphatic heterocycles. The largest absolute Gasteiger partial charge is 0.493 e. The molecule has 0 aliphatic rings. The van der Waals surface area contributed by atoms with Crippen molar-refractivity contribution in [3.8, 4) is 17.2 Å². The number of ether oxygens (including phenoxy) is 3. The molecule has 0 fully saturated rings. The molecule has 1 aromatic heterocycles. The zero-order valence-corrected chi connectivity index (χ0v) is 15.3. The Kier molecular flexibility index (Phi) is 4.98. The van der Waals surface area contributed by atoms with Crippen molar-refractivity contribution in [2.75, 3.05) is 21.3 Å². The molecule has 26 heavy (non-hydrogen) atoms. The summed E-state index contributed by atoms with van der Waals surface area (Å²) in [6.45, 7) is 0. The SMILES string of the molecule is COc1cc(C(=O)/C=C/c2cccc3c2ccn3C)cc(OC)c1OC. The predicted molar refractivity (Wildman–Crippen MR) is 102 cm³/mol. The van der Waals surface area contributed by atoms with Crippen LogP contribution in [0.2, 0.25) is 0 Å². The Hall–Kier alpha value is -3.21. The molecule has 0 aliphatic carbocycles. The minimum Gasteiger partial charge on any atom is -0.493 e. The van der Waals surface area contributed by atoms with Gasteiger partial charge in [0.15, 0.2) is 17.3 Å². The lowest BCUT2D eigenvalue weighted by molar-refractivity contribution is 0.104. The highest BCUT2D eigenvalue weighted by atomic mass is 16.5. The summed E-state index contributed by atoms with van der Waals surface area (Å²) < 4.78 is 18.0. The standard InChI is InChI=1S/C21H21NO4/c1-22-11-10-16-14(6-5-7-17(16)22)8-9-18(23)15-12-19(24-2)21(26-4)20(13-15)25-3/h5-13H,1-4H3/b9-8+. The Morgan fingerprint density at radius 3 is 2.31 bits per heavy atom. The van der Waals surface area contributed by atoms with Crippen molar-refractivity contribution in [1.29, 1.82) is 0 Å². The number of aromatic nitrogens is 1. The molecule has 2 aromatic carbocycles. The summed E-state index contributed by atoms with van der Waals surface area (Å²) in [6.07, 6.45) is 5.39. The first-order valence-corrected chi connectivity index (χ1v) is 8.15. The smallest absolute Gasteiger partial charge is 0.203 e. The molecule has 134 valence electrons. The number of hydrogen-bond acceptors (Lipinski definition) is 4. The molecule has 0 saturated carbocycles. The molecule has 3 aromatic rings. The van der Waals surface area contributed by atoms with Gasteiger partial charge in [0.25, 0.3) is 0 Å². The van der Waals surface area contributed by atoms with E-state index in [4.69, 9.17) is 14.2 Å². The molecule has 0 amide bonds. The van der Waals surface area contributed by atoms with Gasteiger partial charge in [-0.1, -0.05) is 18.2 Å². The Morgan fingerprint density at radius 1 is 1.00 bits per heavy atom. The summed E-state index contributed by atoms with van der Waals surface area (Å²) in [4.78, 5) is 12.7. The lowest BCUT2D eigenvalue weighted by Gasteiger charge is -2.13. The zero-order chi connectivity index (χ0) is 18.7. The number of allylic oxidation sites excluding steroid dienone is 1. The van der Waals surface area contributed by atoms with E-state index in [0.717, 1.165) is 16.5 Å². The number of fused-ring (bicyclic) bond motifs is 1. The van der Waals surface area contributed by atoms with Gasteiger partial charge in [0.05, 0.1) is 21.3 Å². The number of benzene rings is 2. The Bertz CT molecular complexity index is 960. The number of carbonyl (C=O) groups excluding carboxylic acids is 1. The van der Waals surface area contributed by atoms with Crippen LogP contribution in [0.3, 0.4) is 0 Å². The molecule has 3 rings (SSSR count). The molecule has 1 heterocycles. The summed E-state index contributed by atoms with van der Waals surface area (Å²) >= 11 is 0. The molecule has 0 radical (unpaired) electrons. The number of hydrogen-bond donors (Lipinski definition) is 0. The Labute approximate surface area is 152 Å². The third-order valence-electron chi connectivity index (χ3n) is 4.33. The fourth-order valence-electron chi connectivity index (χ4n) is 2.96. The number of methoxy groups -OCH3 is 3. The summed E-state index contributed by atoms with van der Waals surface area (Å²) in [6, 6.07) is 11.4. The fourth-order valence-corrected chi connectivity index (χ4v) is 2.96. The van der Waals surface area contributed by atoms with Gasteiger partial charge in [0.1, 0.15) is 0 Å². The molecule has 0 saturated heterocycles. The van der Waals surface area contributed by atoms with E-state index in [2.05, 4.69) is 0 Å². The monoisotopic (exact) mass is 351 g/mol. The van der Waals surface area contributed by atoms with Crippen LogP contribution in [0.1, 0.15) is 15.9 Å². The van der Waals surface area contributed by atoms with Crippen molar-refractivity contribution >= 4 is 22.8 Å². The quantitative estimate of drug-likeness (QED) is 0.496. The second-order valence-electron chi connectivity index (χ2n) is 5.82. The molecular formula is C21H21NO4. The Morgan fingerprint density at radius 2 is 1.69 bits per heavy atom. The number of rotatable bonds is 6. The van der Waals surface area contributed by atoms with Gasteiger partial charge in [-0.25, -0.2) is 0 Å². The van der Waals surface area contributed by atoms with Gasteiger partial charge in [0.2, 0.25) is 5.75 Å². The van der Waals surface area contributed by atoms with Crippen molar-refractivity contribution in [3.63, 3.8) is 0 Å². The Balaban J connectivity index is 1.95. The van der Waals surface area contributed by atoms with Gasteiger partial charge in [-0.05, 0) is 35.9 Å². The van der Waals surface area contributed by atoms with Crippen LogP contribution in [0.15, 0.2) is 48.7 Å². The molecule has 0 spiro atoms. The van der Waals surface area contributed by atoms with E-state index in [0.29, 0.717) is 22.8 Å². The first-order chi connectivity index (χ1) is 12.6. The van der Waals surface area contributed by atoms with Gasteiger partial charge in [0, 0.05) is 29.7 Å². The van der Waals surface area contributed by atoms with E-state index in [9.17, 15) is 4.79 Å². The van der Waals surface area contributed by atoms with Crippen molar-refractivity contribution in [2.45, 2.75) is 0 Å². The van der Waals surface area contributed by atoms with Gasteiger partial charge in [-0.3, -0.25) is 4.79 Å². The number of nitrogens with zero attached hydrogens (tertiary/aromatic N) is 1. The summed E-state index contributed by atoms with van der Waals surface area (Å²) in [5.41, 5.74) is 2.58. The molecule has 0 bridgehead atoms. The van der Waals surface area contributed by atoms with Crippen molar-refractivity contribution < 1.29 is 19.0 Å². The van der Waals surface area contributed by atoms with Crippen LogP contribution in [-0.2, 0) is 7.05 Å². The van der Waals surface area contributed by atoms with E-state index < -0.39 is 0 Å². The molecule has 5 heteroatoms. The van der Waals surface area contributed by atoms with Gasteiger partial charge >= 0.3 is 0 Å². The minimum atomic E-state index is -0.141. The van der Waals surface area contributed by atoms with Gasteiger partial charge in [-0.15, -0.1) is 0 Å². The number of ketones is 1. The number of carbonyl (C=O) groups is 1. The third kappa shape index (κ3) is 3.16. The second-order valence-corrected chi connectivity index (χ2v) is 5.82. The van der Waals surface area contributed by atoms with Gasteiger partial charge < -0.3 is 18.8 Å². The zero-order valence-electron chi connectivity index (χ0n) is 15.3. The maximum Gasteiger partial charge on any atom is 0.203 e. The molecule has 0 atom stereocenters. The average molecular weight is 351 g/mol. The van der Waals surface area contributed by atoms with Gasteiger partial charge in [-0.2, -0.15) is 0 Å². The number of aryl methyl sites for hydroxylation is 1. The normalized spacial score (nSPS) is 11.1. The average Bonchev–Trinajstić information content (AvgIpc) is 3.06. The van der Waals surface area contributed by atoms with Crippen LogP contribution >= 0.6 is 0 Å². The van der Waals surface area contributed by atoms with Crippen LogP contribution < -0.4 is 14.2 Å². The summed E-state index contributed by atoms with van der Waals surface area (Å²) in [5.74, 6) is 1.23. The maximum atomic E-state index is 12.7. The van der Waals surface area contributed by atoms with Crippen LogP contribution in [0.4, 0.5) is 0 Å². The van der Waals surface area contributed by atoms with Crippen molar-refractivity contribution in [1.82, 2.24) is 4.57 Å². The van der Waals surface area contributed by atoms with E-state index in [1.165, 1.54) is 21.3 Å². The lowest BCUT2D eigenvalue weighted by Crippen LogP contribution is -2.00. The summed E-state index contributed by atoms with van der Waals surface area (Å²) in [7, 11) is 6.58. The van der Waals surface area contributed by atoms with E-state index in [1.807, 2.05) is 48.2 Å². The first kappa shape index (κ1) is 17.6. The lowest BCUT2D eigenvalue weighted by atomic mass is 10.1. The topological polar surface area (TPSA) is 49.7 Å². The highest BCUT2D eigenvalue weighted by Crippen LogP contribution is 2.38. The maximum absolute atomic E-state index is 12.7. The van der Waals surface area contributed by atoms with E-state index >= 15 is 0 Å². The molecule has 0 N–H and O–H groups in total. The second kappa shape index (κ2) is 7.35. The molecular weight excluding hydrogens is 330 g/mol. The van der Waals surface area contributed by atoms with E-state index in [1.54, 1.807) is 18.2 Å². The van der Waals surface area contributed by atoms with Crippen LogP contribution in [0.5, 0.6) is 17.2 Å². The van der Waals surface area contributed by atoms with E-state index in [-0.39, 0.29) is 5.78 Å². The third-order valence-corrected chi connectivity index (χ3v) is 4.33. The highest BCUT2D eigenvalue weighted by molar-refractivity contribution is 6.08. The van der Waals surface area contributed by atoms with Crippen molar-refractivity contribution in [2.24, 2.45) is 7.05 Å². The minimum absolute atomic E-state index is 0.141. The summed E-state index contributed by atoms with van der Waals surface area (Å²) in [5, 5.41) is 1.10. The molecule has 0 unspecified atom stereocenters. The van der Waals surface area contributed by atoms with Crippen LogP contribution in [-0.4, -0.2) is 31.7 Å². The highest BCUT2D eigenvalue weighted by Gasteiger charge is 2.15. The van der Waals surface area contributed by atoms with Crippen LogP contribution in [0, 0.1) is 0 Å². The van der Waals surface area contributed by atoms with Crippen LogP contribution in [0.25, 0.3) is 17.0 Å². The predicted octanol–water partition coefficient (Wildman–Crippen LogP) is 4.10. The first-order valence-electron chi connectivity index (χ1n) is 8.15. The molecule has 5 nitrogen and oxygen atoms in total. The van der Waals surface area contributed by atoms with Crippen molar-refractivity contribution in [3.05, 3.63) is 59.8 Å². The fraction of sp³-hybridized carbons (Fsp3) is 0.190.